The summed E-state index contributed by atoms with van der Waals surface area (Å²) in [5.74, 6) is -1.10. The molecule has 0 aliphatic carbocycles. The Hall–Kier alpha value is -4.37. The Balaban J connectivity index is 1.48. The van der Waals surface area contributed by atoms with Crippen LogP contribution in [0.1, 0.15) is 11.1 Å². The molecule has 0 saturated carbocycles. The van der Waals surface area contributed by atoms with Crippen LogP contribution in [0.2, 0.25) is 5.02 Å². The van der Waals surface area contributed by atoms with Crippen LogP contribution < -0.4 is 25.5 Å². The molecule has 10 heteroatoms. The Kier molecular flexibility index (Phi) is 9.21. The number of hydrazone groups is 1. The number of para-hydroxylation sites is 2. The minimum atomic E-state index is -0.924. The van der Waals surface area contributed by atoms with E-state index in [2.05, 4.69) is 21.2 Å². The first-order valence-electron chi connectivity index (χ1n) is 10.5. The molecule has 0 radical (unpaired) electrons. The molecule has 0 bridgehead atoms. The molecule has 0 aromatic heterocycles. The van der Waals surface area contributed by atoms with Gasteiger partial charge in [-0.1, -0.05) is 48.0 Å². The van der Waals surface area contributed by atoms with Gasteiger partial charge in [-0.2, -0.15) is 5.10 Å². The van der Waals surface area contributed by atoms with E-state index in [4.69, 9.17) is 21.1 Å². The van der Waals surface area contributed by atoms with E-state index in [0.29, 0.717) is 27.8 Å². The van der Waals surface area contributed by atoms with E-state index in [0.717, 1.165) is 5.56 Å². The van der Waals surface area contributed by atoms with Crippen molar-refractivity contribution in [3.05, 3.63) is 88.9 Å². The quantitative estimate of drug-likeness (QED) is 0.240. The highest BCUT2D eigenvalue weighted by Gasteiger charge is 2.12. The second-order valence-electron chi connectivity index (χ2n) is 7.08. The molecule has 0 unspecified atom stereocenters. The van der Waals surface area contributed by atoms with Gasteiger partial charge in [0.15, 0.2) is 6.61 Å². The van der Waals surface area contributed by atoms with Gasteiger partial charge in [0.05, 0.1) is 24.0 Å². The number of hydrogen-bond donors (Lipinski definition) is 3. The van der Waals surface area contributed by atoms with Crippen molar-refractivity contribution in [3.8, 4) is 11.5 Å². The van der Waals surface area contributed by atoms with Gasteiger partial charge in [0.25, 0.3) is 5.91 Å². The van der Waals surface area contributed by atoms with E-state index in [-0.39, 0.29) is 13.2 Å². The summed E-state index contributed by atoms with van der Waals surface area (Å²) in [5, 5.41) is 9.39. The summed E-state index contributed by atoms with van der Waals surface area (Å²) >= 11 is 6.04. The smallest absolute Gasteiger partial charge is 0.329 e. The molecule has 0 fully saturated rings. The van der Waals surface area contributed by atoms with Crippen LogP contribution in [0.5, 0.6) is 11.5 Å². The van der Waals surface area contributed by atoms with Crippen LogP contribution >= 0.6 is 11.6 Å². The van der Waals surface area contributed by atoms with Crippen LogP contribution in [0, 0.1) is 0 Å². The third kappa shape index (κ3) is 7.86. The maximum Gasteiger partial charge on any atom is 0.329 e. The maximum absolute atomic E-state index is 12.2. The number of hydrogen-bond acceptors (Lipinski definition) is 6. The highest BCUT2D eigenvalue weighted by molar-refractivity contribution is 6.35. The molecule has 3 rings (SSSR count). The summed E-state index contributed by atoms with van der Waals surface area (Å²) in [6.07, 6.45) is 1.32. The molecule has 3 aromatic rings. The van der Waals surface area contributed by atoms with Crippen molar-refractivity contribution >= 4 is 41.2 Å². The van der Waals surface area contributed by atoms with E-state index in [1.807, 2.05) is 0 Å². The summed E-state index contributed by atoms with van der Waals surface area (Å²) in [4.78, 5) is 36.2. The lowest BCUT2D eigenvalue weighted by Crippen LogP contribution is -2.37. The fourth-order valence-electron chi connectivity index (χ4n) is 2.83. The molecule has 9 nitrogen and oxygen atoms in total. The fraction of sp³-hybridized carbons (Fsp3) is 0.120. The maximum atomic E-state index is 12.2. The molecule has 0 saturated heterocycles. The Morgan fingerprint density at radius 2 is 1.66 bits per heavy atom. The number of amides is 3. The molecule has 0 aliphatic rings. The number of carbonyl (C=O) groups excluding carboxylic acids is 3. The predicted molar refractivity (Wildman–Crippen MR) is 133 cm³/mol. The number of rotatable bonds is 9. The second-order valence-corrected chi connectivity index (χ2v) is 7.49. The molecule has 3 aromatic carbocycles. The van der Waals surface area contributed by atoms with Gasteiger partial charge in [-0.15, -0.1) is 0 Å². The van der Waals surface area contributed by atoms with Crippen molar-refractivity contribution in [1.82, 2.24) is 10.7 Å². The monoisotopic (exact) mass is 494 g/mol. The number of benzene rings is 3. The average Bonchev–Trinajstić information content (AvgIpc) is 2.88. The van der Waals surface area contributed by atoms with E-state index < -0.39 is 17.7 Å². The predicted octanol–water partition coefficient (Wildman–Crippen LogP) is 3.13. The van der Waals surface area contributed by atoms with Gasteiger partial charge in [-0.25, -0.2) is 5.43 Å². The van der Waals surface area contributed by atoms with Gasteiger partial charge >= 0.3 is 11.8 Å². The topological polar surface area (TPSA) is 118 Å². The number of nitrogens with zero attached hydrogens (tertiary/aromatic N) is 1. The molecule has 0 heterocycles. The van der Waals surface area contributed by atoms with Crippen LogP contribution in [0.15, 0.2) is 77.9 Å². The fourth-order valence-corrected chi connectivity index (χ4v) is 3.01. The lowest BCUT2D eigenvalue weighted by molar-refractivity contribution is -0.139. The second kappa shape index (κ2) is 12.8. The number of carbonyl (C=O) groups is 3. The normalized spacial score (nSPS) is 10.5. The van der Waals surface area contributed by atoms with Gasteiger partial charge < -0.3 is 20.1 Å². The van der Waals surface area contributed by atoms with Crippen molar-refractivity contribution < 1.29 is 23.9 Å². The molecule has 3 N–H and O–H groups in total. The van der Waals surface area contributed by atoms with Gasteiger partial charge in [-0.3, -0.25) is 14.4 Å². The third-order valence-corrected chi connectivity index (χ3v) is 4.94. The molecular weight excluding hydrogens is 472 g/mol. The minimum Gasteiger partial charge on any atom is -0.497 e. The van der Waals surface area contributed by atoms with Crippen molar-refractivity contribution in [1.29, 1.82) is 0 Å². The summed E-state index contributed by atoms with van der Waals surface area (Å²) in [5.41, 5.74) is 3.95. The molecular formula is C25H23ClN4O5. The Morgan fingerprint density at radius 1 is 0.943 bits per heavy atom. The van der Waals surface area contributed by atoms with Crippen molar-refractivity contribution in [2.24, 2.45) is 5.10 Å². The van der Waals surface area contributed by atoms with Gasteiger partial charge in [0, 0.05) is 12.1 Å². The van der Waals surface area contributed by atoms with E-state index >= 15 is 0 Å². The van der Waals surface area contributed by atoms with Crippen LogP contribution in [-0.2, 0) is 20.9 Å². The van der Waals surface area contributed by atoms with E-state index in [9.17, 15) is 14.4 Å². The van der Waals surface area contributed by atoms with Crippen molar-refractivity contribution in [2.75, 3.05) is 19.0 Å². The molecule has 0 spiro atoms. The third-order valence-electron chi connectivity index (χ3n) is 4.61. The standard InChI is InChI=1S/C25H23ClN4O5/c1-34-19-12-10-17(11-13-19)14-27-24(32)25(33)30-28-15-18-6-2-5-9-22(18)35-16-23(31)29-21-8-4-3-7-20(21)26/h2-13,15H,14,16H2,1H3,(H,27,32)(H,29,31)(H,30,33)/b28-15-. The number of anilines is 1. The zero-order chi connectivity index (χ0) is 25.0. The highest BCUT2D eigenvalue weighted by atomic mass is 35.5. The van der Waals surface area contributed by atoms with E-state index in [1.54, 1.807) is 79.9 Å². The van der Waals surface area contributed by atoms with Crippen LogP contribution in [0.4, 0.5) is 5.69 Å². The number of nitrogens with one attached hydrogen (secondary N) is 3. The molecule has 0 aliphatic heterocycles. The molecule has 180 valence electrons. The number of methoxy groups -OCH3 is 1. The first kappa shape index (κ1) is 25.3. The Bertz CT molecular complexity index is 1210. The van der Waals surface area contributed by atoms with Gasteiger partial charge in [0.1, 0.15) is 11.5 Å². The SMILES string of the molecule is COc1ccc(CNC(=O)C(=O)N/N=C\c2ccccc2OCC(=O)Nc2ccccc2Cl)cc1. The first-order valence-corrected chi connectivity index (χ1v) is 10.8. The number of halogens is 1. The highest BCUT2D eigenvalue weighted by Crippen LogP contribution is 2.21. The zero-order valence-corrected chi connectivity index (χ0v) is 19.5. The summed E-state index contributed by atoms with van der Waals surface area (Å²) in [6.45, 7) is -0.0942. The molecule has 3 amide bonds. The first-order chi connectivity index (χ1) is 17.0. The van der Waals surface area contributed by atoms with Gasteiger partial charge in [-0.05, 0) is 42.0 Å². The molecule has 35 heavy (non-hydrogen) atoms. The Labute approximate surface area is 207 Å². The van der Waals surface area contributed by atoms with Crippen molar-refractivity contribution in [3.63, 3.8) is 0 Å². The van der Waals surface area contributed by atoms with Crippen LogP contribution in [-0.4, -0.2) is 37.7 Å². The lowest BCUT2D eigenvalue weighted by Gasteiger charge is -2.10. The average molecular weight is 495 g/mol. The lowest BCUT2D eigenvalue weighted by atomic mass is 10.2. The summed E-state index contributed by atoms with van der Waals surface area (Å²) < 4.78 is 10.6. The Morgan fingerprint density at radius 3 is 2.40 bits per heavy atom. The van der Waals surface area contributed by atoms with Crippen molar-refractivity contribution in [2.45, 2.75) is 6.54 Å². The van der Waals surface area contributed by atoms with Gasteiger partial charge in [0.2, 0.25) is 0 Å². The largest absolute Gasteiger partial charge is 0.497 e. The van der Waals surface area contributed by atoms with Crippen LogP contribution in [0.3, 0.4) is 0 Å². The van der Waals surface area contributed by atoms with E-state index in [1.165, 1.54) is 6.21 Å². The summed E-state index contributed by atoms with van der Waals surface area (Å²) in [7, 11) is 1.56. The zero-order valence-electron chi connectivity index (χ0n) is 18.8. The number of ether oxygens (including phenoxy) is 2. The minimum absolute atomic E-state index is 0.174. The molecule has 0 atom stereocenters. The van der Waals surface area contributed by atoms with Crippen LogP contribution in [0.25, 0.3) is 0 Å². The summed E-state index contributed by atoms with van der Waals surface area (Å²) in [6, 6.07) is 20.7.